The molecule has 3 rings (SSSR count). The third-order valence-electron chi connectivity index (χ3n) is 5.18. The van der Waals surface area contributed by atoms with E-state index in [1.165, 1.54) is 14.0 Å². The Balaban J connectivity index is 2.32. The first kappa shape index (κ1) is 21.3. The number of hydrogen-bond acceptors (Lipinski definition) is 4. The second-order valence-corrected chi connectivity index (χ2v) is 7.09. The van der Waals surface area contributed by atoms with E-state index in [9.17, 15) is 14.7 Å². The summed E-state index contributed by atoms with van der Waals surface area (Å²) in [5, 5.41) is 15.0. The average Bonchev–Trinajstić information content (AvgIpc) is 2.79. The Bertz CT molecular complexity index is 934. The van der Waals surface area contributed by atoms with Crippen LogP contribution in [0, 0.1) is 0 Å². The van der Waals surface area contributed by atoms with Gasteiger partial charge in [-0.2, -0.15) is 0 Å². The fraction of sp³-hybridized carbons (Fsp3) is 0.200. The van der Waals surface area contributed by atoms with Crippen LogP contribution in [0.4, 0.5) is 0 Å². The zero-order valence-corrected chi connectivity index (χ0v) is 17.0. The highest BCUT2D eigenvalue weighted by Crippen LogP contribution is 2.44. The summed E-state index contributed by atoms with van der Waals surface area (Å²) in [5.41, 5.74) is 0.274. The predicted molar refractivity (Wildman–Crippen MR) is 115 cm³/mol. The lowest BCUT2D eigenvalue weighted by molar-refractivity contribution is -0.147. The van der Waals surface area contributed by atoms with Crippen molar-refractivity contribution in [3.8, 4) is 0 Å². The molecule has 0 radical (unpaired) electrons. The van der Waals surface area contributed by atoms with Crippen molar-refractivity contribution < 1.29 is 19.4 Å². The molecule has 2 N–H and O–H groups in total. The summed E-state index contributed by atoms with van der Waals surface area (Å²) >= 11 is 0. The van der Waals surface area contributed by atoms with Crippen LogP contribution < -0.4 is 5.32 Å². The summed E-state index contributed by atoms with van der Waals surface area (Å²) in [4.78, 5) is 24.8. The number of esters is 1. The minimum absolute atomic E-state index is 0.394. The number of ether oxygens (including phenoxy) is 1. The first-order chi connectivity index (χ1) is 14.5. The third kappa shape index (κ3) is 4.26. The second-order valence-electron chi connectivity index (χ2n) is 7.09. The van der Waals surface area contributed by atoms with Gasteiger partial charge in [0.1, 0.15) is 11.6 Å². The van der Waals surface area contributed by atoms with Crippen molar-refractivity contribution in [2.45, 2.75) is 24.5 Å². The first-order valence-electron chi connectivity index (χ1n) is 9.71. The summed E-state index contributed by atoms with van der Waals surface area (Å²) in [5.74, 6) is -1.88. The molecule has 0 bridgehead atoms. The van der Waals surface area contributed by atoms with Gasteiger partial charge in [-0.25, -0.2) is 4.79 Å². The number of carbonyl (C=O) groups excluding carboxylic acids is 2. The van der Waals surface area contributed by atoms with Crippen LogP contribution in [0.2, 0.25) is 0 Å². The quantitative estimate of drug-likeness (QED) is 0.593. The number of benzene rings is 3. The Labute approximate surface area is 176 Å². The second kappa shape index (κ2) is 9.37. The molecule has 0 aliphatic heterocycles. The maximum atomic E-state index is 12.8. The lowest BCUT2D eigenvalue weighted by atomic mass is 9.69. The smallest absolute Gasteiger partial charge is 0.329 e. The SMILES string of the molecule is COC(=O)[C@@H](NC(C)=O)[C@@H](c1ccccc1)C(O)(c1ccccc1)c1ccccc1. The van der Waals surface area contributed by atoms with Crippen molar-refractivity contribution in [1.82, 2.24) is 5.32 Å². The standard InChI is InChI=1S/C25H25NO4/c1-18(27)26-23(24(28)30-2)22(19-12-6-3-7-13-19)25(29,20-14-8-4-9-15-20)21-16-10-5-11-17-21/h3-17,22-23,29H,1-2H3,(H,26,27)/t22-,23+/m1/s1. The molecule has 0 aliphatic carbocycles. The molecule has 5 heteroatoms. The molecule has 3 aromatic carbocycles. The Morgan fingerprint density at radius 2 is 1.27 bits per heavy atom. The minimum atomic E-state index is -1.62. The lowest BCUT2D eigenvalue weighted by Crippen LogP contribution is -2.52. The summed E-state index contributed by atoms with van der Waals surface area (Å²) in [6.07, 6.45) is 0. The van der Waals surface area contributed by atoms with Gasteiger partial charge >= 0.3 is 5.97 Å². The van der Waals surface area contributed by atoms with Crippen LogP contribution in [0.5, 0.6) is 0 Å². The molecule has 0 unspecified atom stereocenters. The minimum Gasteiger partial charge on any atom is -0.467 e. The van der Waals surface area contributed by atoms with Crippen molar-refractivity contribution in [1.29, 1.82) is 0 Å². The topological polar surface area (TPSA) is 75.6 Å². The van der Waals surface area contributed by atoms with Crippen LogP contribution in [0.15, 0.2) is 91.0 Å². The normalized spacial score (nSPS) is 13.2. The van der Waals surface area contributed by atoms with Gasteiger partial charge in [0.2, 0.25) is 5.91 Å². The Morgan fingerprint density at radius 3 is 1.67 bits per heavy atom. The van der Waals surface area contributed by atoms with Gasteiger partial charge in [-0.3, -0.25) is 4.79 Å². The third-order valence-corrected chi connectivity index (χ3v) is 5.18. The number of methoxy groups -OCH3 is 1. The summed E-state index contributed by atoms with van der Waals surface area (Å²) < 4.78 is 5.02. The summed E-state index contributed by atoms with van der Waals surface area (Å²) in [6, 6.07) is 26.4. The van der Waals surface area contributed by atoms with E-state index in [2.05, 4.69) is 5.32 Å². The van der Waals surface area contributed by atoms with E-state index in [-0.39, 0.29) is 0 Å². The van der Waals surface area contributed by atoms with Crippen molar-refractivity contribution in [2.75, 3.05) is 7.11 Å². The highest BCUT2D eigenvalue weighted by molar-refractivity contribution is 5.84. The fourth-order valence-electron chi connectivity index (χ4n) is 3.87. The molecule has 5 nitrogen and oxygen atoms in total. The van der Waals surface area contributed by atoms with Crippen molar-refractivity contribution >= 4 is 11.9 Å². The van der Waals surface area contributed by atoms with Gasteiger partial charge in [0, 0.05) is 6.92 Å². The Hall–Kier alpha value is -3.44. The molecule has 1 amide bonds. The van der Waals surface area contributed by atoms with E-state index >= 15 is 0 Å². The number of hydrogen-bond donors (Lipinski definition) is 2. The average molecular weight is 403 g/mol. The zero-order chi connectivity index (χ0) is 21.6. The molecular formula is C25H25NO4. The van der Waals surface area contributed by atoms with Crippen LogP contribution in [-0.2, 0) is 19.9 Å². The van der Waals surface area contributed by atoms with E-state index in [0.717, 1.165) is 0 Å². The van der Waals surface area contributed by atoms with Gasteiger partial charge in [-0.05, 0) is 16.7 Å². The molecule has 0 spiro atoms. The van der Waals surface area contributed by atoms with Crippen molar-refractivity contribution in [3.63, 3.8) is 0 Å². The predicted octanol–water partition coefficient (Wildman–Crippen LogP) is 3.38. The van der Waals surface area contributed by atoms with Crippen LogP contribution in [0.25, 0.3) is 0 Å². The van der Waals surface area contributed by atoms with E-state index in [0.29, 0.717) is 16.7 Å². The molecule has 2 atom stereocenters. The largest absolute Gasteiger partial charge is 0.467 e. The Morgan fingerprint density at radius 1 is 0.833 bits per heavy atom. The molecule has 0 aromatic heterocycles. The van der Waals surface area contributed by atoms with Crippen LogP contribution in [0.3, 0.4) is 0 Å². The summed E-state index contributed by atoms with van der Waals surface area (Å²) in [7, 11) is 1.27. The molecule has 154 valence electrons. The molecule has 0 saturated heterocycles. The zero-order valence-electron chi connectivity index (χ0n) is 17.0. The van der Waals surface area contributed by atoms with Gasteiger partial charge in [-0.15, -0.1) is 0 Å². The molecular weight excluding hydrogens is 378 g/mol. The molecule has 0 saturated carbocycles. The molecule has 0 heterocycles. The number of carbonyl (C=O) groups is 2. The number of rotatable bonds is 7. The Kier molecular flexibility index (Phi) is 6.65. The van der Waals surface area contributed by atoms with Crippen molar-refractivity contribution in [2.24, 2.45) is 0 Å². The number of aliphatic hydroxyl groups is 1. The van der Waals surface area contributed by atoms with Gasteiger partial charge in [0.05, 0.1) is 13.0 Å². The molecule has 0 aliphatic rings. The van der Waals surface area contributed by atoms with Gasteiger partial charge in [-0.1, -0.05) is 91.0 Å². The number of amides is 1. The summed E-state index contributed by atoms with van der Waals surface area (Å²) in [6.45, 7) is 1.34. The van der Waals surface area contributed by atoms with Crippen LogP contribution in [-0.4, -0.2) is 30.1 Å². The highest BCUT2D eigenvalue weighted by Gasteiger charge is 2.48. The van der Waals surface area contributed by atoms with Crippen LogP contribution in [0.1, 0.15) is 29.5 Å². The van der Waals surface area contributed by atoms with Crippen LogP contribution >= 0.6 is 0 Å². The van der Waals surface area contributed by atoms with Crippen molar-refractivity contribution in [3.05, 3.63) is 108 Å². The first-order valence-corrected chi connectivity index (χ1v) is 9.71. The monoisotopic (exact) mass is 403 g/mol. The van der Waals surface area contributed by atoms with E-state index < -0.39 is 29.4 Å². The lowest BCUT2D eigenvalue weighted by Gasteiger charge is -2.41. The number of nitrogens with one attached hydrogen (secondary N) is 1. The molecule has 30 heavy (non-hydrogen) atoms. The van der Waals surface area contributed by atoms with E-state index in [1.807, 2.05) is 91.0 Å². The van der Waals surface area contributed by atoms with Gasteiger partial charge < -0.3 is 15.2 Å². The van der Waals surface area contributed by atoms with E-state index in [1.54, 1.807) is 0 Å². The van der Waals surface area contributed by atoms with E-state index in [4.69, 9.17) is 4.74 Å². The van der Waals surface area contributed by atoms with Gasteiger partial charge in [0.15, 0.2) is 0 Å². The van der Waals surface area contributed by atoms with Gasteiger partial charge in [0.25, 0.3) is 0 Å². The molecule has 0 fully saturated rings. The molecule has 3 aromatic rings. The highest BCUT2D eigenvalue weighted by atomic mass is 16.5. The maximum Gasteiger partial charge on any atom is 0.329 e. The maximum absolute atomic E-state index is 12.8. The fourth-order valence-corrected chi connectivity index (χ4v) is 3.87.